The summed E-state index contributed by atoms with van der Waals surface area (Å²) in [7, 11) is 1.81. The number of thioether (sulfide) groups is 1. The summed E-state index contributed by atoms with van der Waals surface area (Å²) in [5, 5.41) is 6.80. The van der Waals surface area contributed by atoms with Crippen molar-refractivity contribution in [2.75, 3.05) is 49.7 Å². The molecule has 0 radical (unpaired) electrons. The highest BCUT2D eigenvalue weighted by molar-refractivity contribution is 7.99. The highest BCUT2D eigenvalue weighted by Crippen LogP contribution is 2.19. The fraction of sp³-hybridized carbons (Fsp3) is 0.667. The molecule has 1 aliphatic rings. The van der Waals surface area contributed by atoms with Gasteiger partial charge < -0.3 is 20.3 Å². The number of ether oxygens (including phenoxy) is 1. The van der Waals surface area contributed by atoms with Crippen LogP contribution in [0.15, 0.2) is 29.3 Å². The normalized spacial score (nSPS) is 16.5. The second-order valence-corrected chi connectivity index (χ2v) is 8.37. The second kappa shape index (κ2) is 12.1. The van der Waals surface area contributed by atoms with E-state index in [-0.39, 0.29) is 0 Å². The van der Waals surface area contributed by atoms with Gasteiger partial charge in [0.1, 0.15) is 0 Å². The maximum atomic E-state index is 5.80. The third kappa shape index (κ3) is 7.62. The van der Waals surface area contributed by atoms with Gasteiger partial charge in [-0.2, -0.15) is 11.8 Å². The van der Waals surface area contributed by atoms with Gasteiger partial charge in [0.25, 0.3) is 0 Å². The molecule has 5 nitrogen and oxygen atoms in total. The van der Waals surface area contributed by atoms with E-state index < -0.39 is 0 Å². The first-order chi connectivity index (χ1) is 13.1. The van der Waals surface area contributed by atoms with Crippen LogP contribution in [0.5, 0.6) is 0 Å². The third-order valence-electron chi connectivity index (χ3n) is 4.84. The largest absolute Gasteiger partial charge is 0.378 e. The van der Waals surface area contributed by atoms with Crippen LogP contribution in [0.2, 0.25) is 0 Å². The van der Waals surface area contributed by atoms with Gasteiger partial charge in [0, 0.05) is 57.0 Å². The summed E-state index contributed by atoms with van der Waals surface area (Å²) in [6, 6.07) is 8.89. The molecule has 1 aromatic carbocycles. The minimum absolute atomic E-state index is 0.293. The second-order valence-electron chi connectivity index (χ2n) is 7.14. The number of hydrogen-bond acceptors (Lipinski definition) is 4. The summed E-state index contributed by atoms with van der Waals surface area (Å²) >= 11 is 2.04. The van der Waals surface area contributed by atoms with Gasteiger partial charge in [0.05, 0.1) is 6.10 Å². The molecule has 0 saturated carbocycles. The Morgan fingerprint density at radius 1 is 1.19 bits per heavy atom. The van der Waals surface area contributed by atoms with Gasteiger partial charge in [-0.3, -0.25) is 4.99 Å². The molecule has 1 aromatic rings. The molecule has 0 bridgehead atoms. The summed E-state index contributed by atoms with van der Waals surface area (Å²) < 4.78 is 5.80. The molecule has 1 heterocycles. The average molecular weight is 393 g/mol. The zero-order valence-electron chi connectivity index (χ0n) is 17.3. The molecule has 2 rings (SSSR count). The number of benzene rings is 1. The van der Waals surface area contributed by atoms with Crippen molar-refractivity contribution in [1.82, 2.24) is 10.6 Å². The standard InChI is InChI=1S/C21H36N4OS/c1-5-26-20(17(2)3)10-11-23-21(22-4)24-16-18-6-8-19(9-7-18)25-12-14-27-15-13-25/h6-9,17,20H,5,10-16H2,1-4H3,(H2,22,23,24). The number of nitrogens with zero attached hydrogens (tertiary/aromatic N) is 2. The number of aliphatic imine (C=N–C) groups is 1. The molecule has 152 valence electrons. The van der Waals surface area contributed by atoms with Gasteiger partial charge in [-0.25, -0.2) is 0 Å². The van der Waals surface area contributed by atoms with Crippen molar-refractivity contribution in [3.05, 3.63) is 29.8 Å². The first-order valence-corrected chi connectivity index (χ1v) is 11.3. The molecule has 27 heavy (non-hydrogen) atoms. The van der Waals surface area contributed by atoms with E-state index in [1.54, 1.807) is 0 Å². The van der Waals surface area contributed by atoms with Gasteiger partial charge in [0.15, 0.2) is 5.96 Å². The van der Waals surface area contributed by atoms with Gasteiger partial charge in [-0.05, 0) is 37.0 Å². The molecular formula is C21H36N4OS. The van der Waals surface area contributed by atoms with E-state index in [4.69, 9.17) is 4.74 Å². The number of nitrogens with one attached hydrogen (secondary N) is 2. The van der Waals surface area contributed by atoms with Crippen molar-refractivity contribution >= 4 is 23.4 Å². The van der Waals surface area contributed by atoms with Crippen molar-refractivity contribution in [3.8, 4) is 0 Å². The summed E-state index contributed by atoms with van der Waals surface area (Å²) in [6.07, 6.45) is 1.27. The van der Waals surface area contributed by atoms with E-state index in [0.29, 0.717) is 12.0 Å². The average Bonchev–Trinajstić information content (AvgIpc) is 2.70. The number of hydrogen-bond donors (Lipinski definition) is 2. The van der Waals surface area contributed by atoms with Crippen LogP contribution in [-0.4, -0.2) is 56.9 Å². The first kappa shape index (κ1) is 21.9. The van der Waals surface area contributed by atoms with Crippen molar-refractivity contribution < 1.29 is 4.74 Å². The van der Waals surface area contributed by atoms with Crippen LogP contribution in [0.3, 0.4) is 0 Å². The number of anilines is 1. The van der Waals surface area contributed by atoms with E-state index in [2.05, 4.69) is 65.6 Å². The number of guanidine groups is 1. The Morgan fingerprint density at radius 3 is 2.48 bits per heavy atom. The minimum Gasteiger partial charge on any atom is -0.378 e. The Balaban J connectivity index is 1.75. The SMILES string of the molecule is CCOC(CCNC(=NC)NCc1ccc(N2CCSCC2)cc1)C(C)C. The number of rotatable bonds is 9. The molecule has 0 spiro atoms. The van der Waals surface area contributed by atoms with Crippen LogP contribution < -0.4 is 15.5 Å². The van der Waals surface area contributed by atoms with Crippen molar-refractivity contribution in [2.24, 2.45) is 10.9 Å². The quantitative estimate of drug-likeness (QED) is 0.498. The molecule has 1 atom stereocenters. The summed E-state index contributed by atoms with van der Waals surface area (Å²) in [6.45, 7) is 11.2. The minimum atomic E-state index is 0.293. The lowest BCUT2D eigenvalue weighted by molar-refractivity contribution is 0.0258. The Hall–Kier alpha value is -1.40. The van der Waals surface area contributed by atoms with Crippen LogP contribution in [-0.2, 0) is 11.3 Å². The zero-order chi connectivity index (χ0) is 19.5. The highest BCUT2D eigenvalue weighted by atomic mass is 32.2. The van der Waals surface area contributed by atoms with E-state index in [0.717, 1.165) is 45.2 Å². The van der Waals surface area contributed by atoms with E-state index in [1.807, 2.05) is 18.8 Å². The van der Waals surface area contributed by atoms with Crippen LogP contribution >= 0.6 is 11.8 Å². The maximum absolute atomic E-state index is 5.80. The lowest BCUT2D eigenvalue weighted by atomic mass is 10.0. The maximum Gasteiger partial charge on any atom is 0.191 e. The molecule has 2 N–H and O–H groups in total. The van der Waals surface area contributed by atoms with Gasteiger partial charge in [-0.1, -0.05) is 26.0 Å². The molecule has 0 aliphatic carbocycles. The zero-order valence-corrected chi connectivity index (χ0v) is 18.1. The predicted octanol–water partition coefficient (Wildman–Crippen LogP) is 3.36. The lowest BCUT2D eigenvalue weighted by Crippen LogP contribution is -2.39. The predicted molar refractivity (Wildman–Crippen MR) is 119 cm³/mol. The topological polar surface area (TPSA) is 48.9 Å². The van der Waals surface area contributed by atoms with E-state index >= 15 is 0 Å². The van der Waals surface area contributed by atoms with Crippen molar-refractivity contribution in [1.29, 1.82) is 0 Å². The van der Waals surface area contributed by atoms with Gasteiger partial charge >= 0.3 is 0 Å². The van der Waals surface area contributed by atoms with Crippen molar-refractivity contribution in [2.45, 2.75) is 39.8 Å². The van der Waals surface area contributed by atoms with E-state index in [9.17, 15) is 0 Å². The molecule has 1 saturated heterocycles. The summed E-state index contributed by atoms with van der Waals surface area (Å²) in [5.74, 6) is 3.82. The van der Waals surface area contributed by atoms with Gasteiger partial charge in [-0.15, -0.1) is 0 Å². The molecule has 0 aromatic heterocycles. The Morgan fingerprint density at radius 2 is 1.89 bits per heavy atom. The fourth-order valence-corrected chi connectivity index (χ4v) is 4.11. The molecule has 1 aliphatic heterocycles. The monoisotopic (exact) mass is 392 g/mol. The molecule has 1 fully saturated rings. The van der Waals surface area contributed by atoms with Gasteiger partial charge in [0.2, 0.25) is 0 Å². The van der Waals surface area contributed by atoms with Crippen LogP contribution in [0, 0.1) is 5.92 Å². The molecular weight excluding hydrogens is 356 g/mol. The Kier molecular flexibility index (Phi) is 9.84. The third-order valence-corrected chi connectivity index (χ3v) is 5.78. The van der Waals surface area contributed by atoms with Crippen LogP contribution in [0.25, 0.3) is 0 Å². The lowest BCUT2D eigenvalue weighted by Gasteiger charge is -2.28. The fourth-order valence-electron chi connectivity index (χ4n) is 3.21. The van der Waals surface area contributed by atoms with Crippen LogP contribution in [0.4, 0.5) is 5.69 Å². The van der Waals surface area contributed by atoms with E-state index in [1.165, 1.54) is 22.8 Å². The first-order valence-electron chi connectivity index (χ1n) is 10.1. The molecule has 1 unspecified atom stereocenters. The summed E-state index contributed by atoms with van der Waals surface area (Å²) in [5.41, 5.74) is 2.60. The molecule has 6 heteroatoms. The van der Waals surface area contributed by atoms with Crippen LogP contribution in [0.1, 0.15) is 32.8 Å². The molecule has 0 amide bonds. The Labute approximate surface area is 169 Å². The Bertz CT molecular complexity index is 556. The smallest absolute Gasteiger partial charge is 0.191 e. The summed E-state index contributed by atoms with van der Waals surface area (Å²) in [4.78, 5) is 6.79. The van der Waals surface area contributed by atoms with Crippen molar-refractivity contribution in [3.63, 3.8) is 0 Å². The highest BCUT2D eigenvalue weighted by Gasteiger charge is 2.13.